The van der Waals surface area contributed by atoms with Gasteiger partial charge in [-0.25, -0.2) is 0 Å². The molecule has 0 saturated carbocycles. The maximum atomic E-state index is 6.71. The highest BCUT2D eigenvalue weighted by atomic mass is 16.3. The molecule has 0 amide bonds. The molecule has 0 radical (unpaired) electrons. The number of rotatable bonds is 4. The highest BCUT2D eigenvalue weighted by Gasteiger charge is 2.32. The lowest BCUT2D eigenvalue weighted by atomic mass is 9.91. The van der Waals surface area contributed by atoms with Gasteiger partial charge in [0.05, 0.1) is 18.5 Å². The normalized spacial score (nSPS) is 19.3. The summed E-state index contributed by atoms with van der Waals surface area (Å²) in [6.45, 7) is 0. The molecule has 3 atom stereocenters. The second-order valence-corrected chi connectivity index (χ2v) is 13.7. The fourth-order valence-electron chi connectivity index (χ4n) is 8.21. The summed E-state index contributed by atoms with van der Waals surface area (Å²) >= 11 is 0. The summed E-state index contributed by atoms with van der Waals surface area (Å²) in [4.78, 5) is 0. The smallest absolute Gasteiger partial charge is 0.141 e. The molecular formula is C45H33N3O3. The van der Waals surface area contributed by atoms with Crippen LogP contribution < -0.4 is 16.0 Å². The first-order chi connectivity index (χ1) is 25.2. The maximum absolute atomic E-state index is 6.71. The van der Waals surface area contributed by atoms with Crippen LogP contribution in [0.2, 0.25) is 0 Å². The molecule has 0 spiro atoms. The van der Waals surface area contributed by atoms with Gasteiger partial charge in [0.1, 0.15) is 33.7 Å². The van der Waals surface area contributed by atoms with E-state index in [0.717, 1.165) is 79.2 Å². The van der Waals surface area contributed by atoms with Crippen LogP contribution in [-0.4, -0.2) is 0 Å². The molecule has 11 rings (SSSR count). The van der Waals surface area contributed by atoms with Gasteiger partial charge in [0.15, 0.2) is 0 Å². The van der Waals surface area contributed by atoms with Crippen LogP contribution in [-0.2, 0) is 6.42 Å². The van der Waals surface area contributed by atoms with Gasteiger partial charge in [-0.2, -0.15) is 0 Å². The molecule has 9 aromatic rings. The number of allylic oxidation sites excluding steroid dienone is 1. The second kappa shape index (κ2) is 11.3. The van der Waals surface area contributed by atoms with Crippen molar-refractivity contribution in [2.75, 3.05) is 0 Å². The first kappa shape index (κ1) is 28.9. The third-order valence-corrected chi connectivity index (χ3v) is 10.7. The molecule has 1 saturated heterocycles. The fourth-order valence-corrected chi connectivity index (χ4v) is 8.21. The van der Waals surface area contributed by atoms with E-state index in [-0.39, 0.29) is 18.5 Å². The van der Waals surface area contributed by atoms with Gasteiger partial charge in [-0.3, -0.25) is 16.0 Å². The van der Waals surface area contributed by atoms with Crippen LogP contribution in [0.15, 0.2) is 147 Å². The van der Waals surface area contributed by atoms with Crippen molar-refractivity contribution < 1.29 is 13.3 Å². The third-order valence-electron chi connectivity index (χ3n) is 10.7. The summed E-state index contributed by atoms with van der Waals surface area (Å²) in [6, 6.07) is 46.7. The van der Waals surface area contributed by atoms with Crippen molar-refractivity contribution in [3.05, 3.63) is 167 Å². The van der Waals surface area contributed by atoms with Gasteiger partial charge in [-0.1, -0.05) is 97.1 Å². The van der Waals surface area contributed by atoms with E-state index in [1.54, 1.807) is 0 Å². The van der Waals surface area contributed by atoms with Gasteiger partial charge in [0, 0.05) is 44.5 Å². The van der Waals surface area contributed by atoms with Crippen LogP contribution in [0.5, 0.6) is 0 Å². The number of hydrogen-bond acceptors (Lipinski definition) is 6. The van der Waals surface area contributed by atoms with E-state index in [4.69, 9.17) is 13.3 Å². The lowest BCUT2D eigenvalue weighted by Gasteiger charge is -2.39. The highest BCUT2D eigenvalue weighted by molar-refractivity contribution is 6.08. The van der Waals surface area contributed by atoms with Crippen molar-refractivity contribution in [2.24, 2.45) is 0 Å². The summed E-state index contributed by atoms with van der Waals surface area (Å²) in [5, 5.41) is 17.2. The van der Waals surface area contributed by atoms with Crippen LogP contribution in [0.3, 0.4) is 0 Å². The molecule has 246 valence electrons. The maximum Gasteiger partial charge on any atom is 0.141 e. The van der Waals surface area contributed by atoms with E-state index in [2.05, 4.69) is 137 Å². The van der Waals surface area contributed by atoms with Crippen LogP contribution >= 0.6 is 0 Å². The average molecular weight is 664 g/mol. The minimum Gasteiger partial charge on any atom is -0.460 e. The van der Waals surface area contributed by atoms with E-state index < -0.39 is 0 Å². The molecule has 4 heterocycles. The Bertz CT molecular complexity index is 2820. The predicted molar refractivity (Wildman–Crippen MR) is 204 cm³/mol. The first-order valence-corrected chi connectivity index (χ1v) is 17.6. The second-order valence-electron chi connectivity index (χ2n) is 13.7. The van der Waals surface area contributed by atoms with Crippen molar-refractivity contribution in [3.63, 3.8) is 0 Å². The van der Waals surface area contributed by atoms with Crippen LogP contribution in [0.4, 0.5) is 0 Å². The lowest BCUT2D eigenvalue weighted by Crippen LogP contribution is -2.54. The molecule has 1 aliphatic heterocycles. The Hall–Kier alpha value is -5.92. The number of aryl methyl sites for hydroxylation is 1. The van der Waals surface area contributed by atoms with E-state index >= 15 is 0 Å². The molecule has 6 aromatic carbocycles. The Kier molecular flexibility index (Phi) is 6.40. The number of nitrogens with one attached hydrogen (secondary N) is 3. The molecule has 1 aliphatic carbocycles. The number of fused-ring (bicyclic) bond motifs is 9. The Morgan fingerprint density at radius 2 is 1.12 bits per heavy atom. The molecule has 3 unspecified atom stereocenters. The van der Waals surface area contributed by atoms with Crippen LogP contribution in [0.1, 0.15) is 58.5 Å². The summed E-state index contributed by atoms with van der Waals surface area (Å²) in [7, 11) is 0. The van der Waals surface area contributed by atoms with E-state index in [1.807, 2.05) is 18.2 Å². The minimum atomic E-state index is -0.198. The zero-order valence-corrected chi connectivity index (χ0v) is 27.7. The topological polar surface area (TPSA) is 75.5 Å². The Labute approximate surface area is 293 Å². The molecule has 1 fully saturated rings. The molecular weight excluding hydrogens is 631 g/mol. The van der Waals surface area contributed by atoms with Crippen molar-refractivity contribution >= 4 is 66.5 Å². The summed E-state index contributed by atoms with van der Waals surface area (Å²) in [5.74, 6) is 1.08. The quantitative estimate of drug-likeness (QED) is 0.174. The van der Waals surface area contributed by atoms with Crippen molar-refractivity contribution in [1.29, 1.82) is 0 Å². The zero-order chi connectivity index (χ0) is 33.5. The molecule has 3 N–H and O–H groups in total. The molecule has 3 aromatic heterocycles. The minimum absolute atomic E-state index is 0.104. The third kappa shape index (κ3) is 4.68. The van der Waals surface area contributed by atoms with Gasteiger partial charge in [0.25, 0.3) is 0 Å². The van der Waals surface area contributed by atoms with Crippen molar-refractivity contribution in [3.8, 4) is 0 Å². The average Bonchev–Trinajstić information content (AvgIpc) is 3.88. The van der Waals surface area contributed by atoms with E-state index in [9.17, 15) is 0 Å². The molecule has 6 nitrogen and oxygen atoms in total. The van der Waals surface area contributed by atoms with Crippen molar-refractivity contribution in [1.82, 2.24) is 16.0 Å². The Morgan fingerprint density at radius 3 is 2.00 bits per heavy atom. The Balaban J connectivity index is 0.994. The van der Waals surface area contributed by atoms with Gasteiger partial charge in [0.2, 0.25) is 0 Å². The number of benzene rings is 6. The summed E-state index contributed by atoms with van der Waals surface area (Å²) in [6.07, 6.45) is 3.70. The summed E-state index contributed by atoms with van der Waals surface area (Å²) < 4.78 is 19.1. The number of para-hydroxylation sites is 3. The largest absolute Gasteiger partial charge is 0.460 e. The number of furan rings is 3. The van der Waals surface area contributed by atoms with E-state index in [1.165, 1.54) is 27.6 Å². The summed E-state index contributed by atoms with van der Waals surface area (Å²) in [5.41, 5.74) is 11.6. The van der Waals surface area contributed by atoms with Gasteiger partial charge >= 0.3 is 0 Å². The zero-order valence-electron chi connectivity index (χ0n) is 27.7. The lowest BCUT2D eigenvalue weighted by molar-refractivity contribution is 0.203. The SMILES string of the molecule is C1=C(c2ccc3oc4c(C5NC(c6ccccc6)NC(c6ccc7oc8ccccc8c7c6)N5)cccc4c3c2)CCc2oc3ccccc3c21. The molecule has 0 bridgehead atoms. The van der Waals surface area contributed by atoms with E-state index in [0.29, 0.717) is 0 Å². The van der Waals surface area contributed by atoms with Gasteiger partial charge < -0.3 is 13.3 Å². The van der Waals surface area contributed by atoms with Gasteiger partial charge in [-0.05, 0) is 71.2 Å². The Morgan fingerprint density at radius 1 is 0.451 bits per heavy atom. The highest BCUT2D eigenvalue weighted by Crippen LogP contribution is 2.40. The van der Waals surface area contributed by atoms with Crippen LogP contribution in [0.25, 0.3) is 66.5 Å². The predicted octanol–water partition coefficient (Wildman–Crippen LogP) is 10.9. The molecule has 2 aliphatic rings. The van der Waals surface area contributed by atoms with Crippen LogP contribution in [0, 0.1) is 0 Å². The standard InChI is InChI=1S/C45H33N3O3/c1-2-9-26(10-3-1)43-46-44(29-19-22-40-35(25-29)31-12-5-7-16-38(31)50-40)48-45(47-43)33-14-8-13-32-36-24-28(18-21-41(36)51-42(32)33)27-17-20-39-34(23-27)30-11-4-6-15-37(30)49-39/h1-16,18-19,21-25,43-48H,17,20H2. The molecule has 6 heteroatoms. The van der Waals surface area contributed by atoms with Crippen molar-refractivity contribution in [2.45, 2.75) is 31.3 Å². The molecule has 51 heavy (non-hydrogen) atoms. The van der Waals surface area contributed by atoms with Gasteiger partial charge in [-0.15, -0.1) is 0 Å². The first-order valence-electron chi connectivity index (χ1n) is 17.6. The number of hydrogen-bond donors (Lipinski definition) is 3. The fraction of sp³-hybridized carbons (Fsp3) is 0.111. The monoisotopic (exact) mass is 663 g/mol.